The number of benzene rings is 5. The Hall–Kier alpha value is -2.84. The number of rotatable bonds is 10. The number of aliphatic hydroxyl groups is 3. The molecule has 0 aliphatic carbocycles. The van der Waals surface area contributed by atoms with E-state index in [1.807, 2.05) is 48.5 Å². The Morgan fingerprint density at radius 1 is 0.595 bits per heavy atom. The minimum atomic E-state index is -0.168. The fourth-order valence-electron chi connectivity index (χ4n) is 5.53. The van der Waals surface area contributed by atoms with Crippen LogP contribution in [0.5, 0.6) is 28.7 Å². The minimum absolute atomic E-state index is 0.0516. The van der Waals surface area contributed by atoms with Crippen molar-refractivity contribution in [2.45, 2.75) is 5.92 Å². The van der Waals surface area contributed by atoms with Gasteiger partial charge in [0, 0.05) is 17.0 Å². The van der Waals surface area contributed by atoms with Crippen LogP contribution in [-0.2, 0) is 0 Å². The second-order valence-electron chi connectivity index (χ2n) is 9.79. The van der Waals surface area contributed by atoms with Gasteiger partial charge in [-0.1, -0.05) is 24.3 Å². The van der Waals surface area contributed by atoms with Gasteiger partial charge in [0.15, 0.2) is 0 Å². The first-order valence-electron chi connectivity index (χ1n) is 13.5. The van der Waals surface area contributed by atoms with Gasteiger partial charge in [0.05, 0.1) is 27.0 Å². The molecule has 0 bridgehead atoms. The third-order valence-corrected chi connectivity index (χ3v) is 8.80. The van der Waals surface area contributed by atoms with Crippen LogP contribution in [0.3, 0.4) is 0 Å². The summed E-state index contributed by atoms with van der Waals surface area (Å²) in [4.78, 5) is 0. The van der Waals surface area contributed by atoms with Crippen molar-refractivity contribution in [3.63, 3.8) is 0 Å². The predicted octanol–water partition coefficient (Wildman–Crippen LogP) is 6.60. The molecule has 216 valence electrons. The lowest BCUT2D eigenvalue weighted by atomic mass is 9.78. The first kappa shape index (κ1) is 29.2. The van der Waals surface area contributed by atoms with Crippen LogP contribution in [0.15, 0.2) is 72.8 Å². The third-order valence-electron chi connectivity index (χ3n) is 7.19. The Morgan fingerprint density at radius 3 is 1.55 bits per heavy atom. The zero-order valence-electron chi connectivity index (χ0n) is 22.5. The molecular formula is C33H28I2O7. The molecule has 42 heavy (non-hydrogen) atoms. The molecule has 5 aromatic rings. The van der Waals surface area contributed by atoms with Crippen molar-refractivity contribution in [3.8, 4) is 28.7 Å². The van der Waals surface area contributed by atoms with Crippen molar-refractivity contribution < 1.29 is 34.3 Å². The molecule has 5 aromatic carbocycles. The number of ether oxygens (including phenoxy) is 4. The highest BCUT2D eigenvalue weighted by atomic mass is 127. The van der Waals surface area contributed by atoms with Crippen LogP contribution >= 0.6 is 45.2 Å². The largest absolute Gasteiger partial charge is 0.491 e. The lowest BCUT2D eigenvalue weighted by Gasteiger charge is -2.31. The first-order chi connectivity index (χ1) is 20.5. The number of hydrogen-bond donors (Lipinski definition) is 3. The van der Waals surface area contributed by atoms with Gasteiger partial charge in [-0.05, 0) is 121 Å². The van der Waals surface area contributed by atoms with E-state index in [0.29, 0.717) is 11.5 Å². The average Bonchev–Trinajstić information content (AvgIpc) is 3.00. The summed E-state index contributed by atoms with van der Waals surface area (Å²) in [5.74, 6) is 3.56. The number of aliphatic hydroxyl groups excluding tert-OH is 3. The molecule has 0 saturated carbocycles. The van der Waals surface area contributed by atoms with Gasteiger partial charge >= 0.3 is 0 Å². The highest BCUT2D eigenvalue weighted by Crippen LogP contribution is 2.53. The molecule has 3 N–H and O–H groups in total. The van der Waals surface area contributed by atoms with Crippen molar-refractivity contribution in [1.29, 1.82) is 0 Å². The van der Waals surface area contributed by atoms with Crippen LogP contribution in [0, 0.1) is 7.14 Å². The standard InChI is InChI=1S/C33H28I2O7/c34-26-17-21(18-27(35)33(26)41-14-11-38)30-31-24-5-3-22(39-12-9-36)15-19(24)1-7-28(31)42-29-8-2-20-16-23(40-13-10-37)4-6-25(20)32(29)30/h1-8,15-18,30,36-38H,9-14H2. The van der Waals surface area contributed by atoms with Gasteiger partial charge in [-0.2, -0.15) is 0 Å². The Morgan fingerprint density at radius 2 is 1.07 bits per heavy atom. The molecule has 0 spiro atoms. The van der Waals surface area contributed by atoms with Crippen LogP contribution < -0.4 is 18.9 Å². The van der Waals surface area contributed by atoms with Crippen molar-refractivity contribution in [3.05, 3.63) is 96.6 Å². The summed E-state index contributed by atoms with van der Waals surface area (Å²) < 4.78 is 25.8. The van der Waals surface area contributed by atoms with Crippen LogP contribution in [0.2, 0.25) is 0 Å². The van der Waals surface area contributed by atoms with Crippen LogP contribution in [-0.4, -0.2) is 55.0 Å². The van der Waals surface area contributed by atoms with Gasteiger partial charge in [-0.15, -0.1) is 0 Å². The molecule has 0 radical (unpaired) electrons. The molecular weight excluding hydrogens is 762 g/mol. The highest BCUT2D eigenvalue weighted by molar-refractivity contribution is 14.1. The summed E-state index contributed by atoms with van der Waals surface area (Å²) in [6.07, 6.45) is 0. The van der Waals surface area contributed by atoms with Gasteiger partial charge in [-0.3, -0.25) is 0 Å². The maximum atomic E-state index is 9.34. The number of fused-ring (bicyclic) bond motifs is 6. The van der Waals surface area contributed by atoms with E-state index >= 15 is 0 Å². The lowest BCUT2D eigenvalue weighted by Crippen LogP contribution is -2.14. The molecule has 0 fully saturated rings. The topological polar surface area (TPSA) is 97.6 Å². The van der Waals surface area contributed by atoms with Crippen molar-refractivity contribution >= 4 is 66.7 Å². The molecule has 1 aliphatic rings. The SMILES string of the molecule is OCCOc1ccc2c3c(ccc2c1)Oc1ccc2cc(OCCO)ccc2c1C3c1cc(I)c(OCCO)c(I)c1. The fraction of sp³-hybridized carbons (Fsp3) is 0.212. The van der Waals surface area contributed by atoms with Gasteiger partial charge < -0.3 is 34.3 Å². The number of halogens is 2. The molecule has 9 heteroatoms. The fourth-order valence-corrected chi connectivity index (χ4v) is 7.66. The summed E-state index contributed by atoms with van der Waals surface area (Å²) in [6.45, 7) is 0.528. The van der Waals surface area contributed by atoms with Gasteiger partial charge in [0.2, 0.25) is 0 Å². The van der Waals surface area contributed by atoms with E-state index in [4.69, 9.17) is 18.9 Å². The van der Waals surface area contributed by atoms with E-state index < -0.39 is 0 Å². The summed E-state index contributed by atoms with van der Waals surface area (Å²) >= 11 is 4.60. The summed E-state index contributed by atoms with van der Waals surface area (Å²) in [7, 11) is 0. The monoisotopic (exact) mass is 790 g/mol. The van der Waals surface area contributed by atoms with E-state index in [-0.39, 0.29) is 45.6 Å². The molecule has 6 rings (SSSR count). The Bertz CT molecular complexity index is 1650. The van der Waals surface area contributed by atoms with E-state index in [1.165, 1.54) is 0 Å². The Labute approximate surface area is 270 Å². The van der Waals surface area contributed by atoms with E-state index in [1.54, 1.807) is 0 Å². The zero-order chi connectivity index (χ0) is 29.2. The summed E-state index contributed by atoms with van der Waals surface area (Å²) in [5.41, 5.74) is 3.20. The normalized spacial score (nSPS) is 12.6. The van der Waals surface area contributed by atoms with Gasteiger partial charge in [-0.25, -0.2) is 0 Å². The quantitative estimate of drug-likeness (QED) is 0.135. The van der Waals surface area contributed by atoms with Crippen LogP contribution in [0.4, 0.5) is 0 Å². The molecule has 0 atom stereocenters. The molecule has 0 amide bonds. The van der Waals surface area contributed by atoms with Crippen LogP contribution in [0.25, 0.3) is 21.5 Å². The lowest BCUT2D eigenvalue weighted by molar-refractivity contribution is 0.199. The van der Waals surface area contributed by atoms with Gasteiger partial charge in [0.25, 0.3) is 0 Å². The molecule has 1 heterocycles. The molecule has 1 aliphatic heterocycles. The second-order valence-corrected chi connectivity index (χ2v) is 12.1. The molecule has 0 unspecified atom stereocenters. The summed E-state index contributed by atoms with van der Waals surface area (Å²) in [5, 5.41) is 31.9. The highest BCUT2D eigenvalue weighted by Gasteiger charge is 2.33. The molecule has 0 aromatic heterocycles. The first-order valence-corrected chi connectivity index (χ1v) is 15.7. The second kappa shape index (κ2) is 12.8. The smallest absolute Gasteiger partial charge is 0.146 e. The van der Waals surface area contributed by atoms with Crippen molar-refractivity contribution in [2.75, 3.05) is 39.6 Å². The maximum absolute atomic E-state index is 9.34. The van der Waals surface area contributed by atoms with Gasteiger partial charge in [0.1, 0.15) is 48.6 Å². The van der Waals surface area contributed by atoms with E-state index in [2.05, 4.69) is 69.4 Å². The van der Waals surface area contributed by atoms with Crippen molar-refractivity contribution in [2.24, 2.45) is 0 Å². The minimum Gasteiger partial charge on any atom is -0.491 e. The third kappa shape index (κ3) is 5.60. The number of hydrogen-bond acceptors (Lipinski definition) is 7. The van der Waals surface area contributed by atoms with E-state index in [9.17, 15) is 15.3 Å². The summed E-state index contributed by atoms with van der Waals surface area (Å²) in [6, 6.07) is 24.3. The van der Waals surface area contributed by atoms with Crippen LogP contribution in [0.1, 0.15) is 22.6 Å². The zero-order valence-corrected chi connectivity index (χ0v) is 26.8. The molecule has 7 nitrogen and oxygen atoms in total. The predicted molar refractivity (Wildman–Crippen MR) is 179 cm³/mol. The Kier molecular flexibility index (Phi) is 8.91. The van der Waals surface area contributed by atoms with Crippen molar-refractivity contribution in [1.82, 2.24) is 0 Å². The maximum Gasteiger partial charge on any atom is 0.146 e. The van der Waals surface area contributed by atoms with E-state index in [0.717, 1.165) is 62.6 Å². The molecule has 0 saturated heterocycles. The average molecular weight is 790 g/mol. The Balaban J connectivity index is 1.59.